The SMILES string of the molecule is Cl.O=C(Nc1nnc(-c2ccccc2Cl)s1)C1CSCN1. The van der Waals surface area contributed by atoms with Gasteiger partial charge in [-0.2, -0.15) is 0 Å². The summed E-state index contributed by atoms with van der Waals surface area (Å²) < 4.78 is 0. The molecule has 1 aliphatic heterocycles. The summed E-state index contributed by atoms with van der Waals surface area (Å²) in [5.41, 5.74) is 0.821. The van der Waals surface area contributed by atoms with Crippen molar-refractivity contribution in [2.45, 2.75) is 6.04 Å². The number of rotatable bonds is 3. The fourth-order valence-corrected chi connectivity index (χ4v) is 3.78. The second kappa shape index (κ2) is 7.42. The second-order valence-electron chi connectivity index (χ2n) is 4.15. The van der Waals surface area contributed by atoms with Crippen molar-refractivity contribution in [2.75, 3.05) is 16.9 Å². The van der Waals surface area contributed by atoms with Crippen molar-refractivity contribution >= 4 is 58.1 Å². The van der Waals surface area contributed by atoms with Crippen LogP contribution in [-0.4, -0.2) is 33.8 Å². The highest BCUT2D eigenvalue weighted by molar-refractivity contribution is 7.99. The number of carbonyl (C=O) groups excluding carboxylic acids is 1. The average molecular weight is 363 g/mol. The third-order valence-corrected chi connectivity index (χ3v) is 4.93. The first-order valence-electron chi connectivity index (χ1n) is 5.94. The fraction of sp³-hybridized carbons (Fsp3) is 0.250. The van der Waals surface area contributed by atoms with Gasteiger partial charge in [-0.3, -0.25) is 15.4 Å². The van der Waals surface area contributed by atoms with E-state index in [1.807, 2.05) is 18.2 Å². The highest BCUT2D eigenvalue weighted by Crippen LogP contribution is 2.31. The minimum Gasteiger partial charge on any atom is -0.299 e. The molecule has 21 heavy (non-hydrogen) atoms. The molecule has 1 aromatic heterocycles. The van der Waals surface area contributed by atoms with Gasteiger partial charge in [0.15, 0.2) is 5.01 Å². The molecular weight excluding hydrogens is 351 g/mol. The molecule has 0 aliphatic carbocycles. The van der Waals surface area contributed by atoms with E-state index in [4.69, 9.17) is 11.6 Å². The van der Waals surface area contributed by atoms with Gasteiger partial charge in [0, 0.05) is 17.2 Å². The Balaban J connectivity index is 0.00000161. The molecule has 1 saturated heterocycles. The fourth-order valence-electron chi connectivity index (χ4n) is 1.77. The topological polar surface area (TPSA) is 66.9 Å². The van der Waals surface area contributed by atoms with Gasteiger partial charge in [0.25, 0.3) is 0 Å². The Labute approximate surface area is 141 Å². The molecule has 2 aromatic rings. The van der Waals surface area contributed by atoms with E-state index >= 15 is 0 Å². The van der Waals surface area contributed by atoms with Crippen molar-refractivity contribution in [1.29, 1.82) is 0 Å². The number of nitrogens with zero attached hydrogens (tertiary/aromatic N) is 2. The van der Waals surface area contributed by atoms with Crippen molar-refractivity contribution in [3.63, 3.8) is 0 Å². The summed E-state index contributed by atoms with van der Waals surface area (Å²) >= 11 is 9.13. The van der Waals surface area contributed by atoms with Gasteiger partial charge in [-0.1, -0.05) is 41.1 Å². The highest BCUT2D eigenvalue weighted by Gasteiger charge is 2.23. The maximum absolute atomic E-state index is 12.0. The number of benzene rings is 1. The van der Waals surface area contributed by atoms with E-state index < -0.39 is 0 Å². The molecule has 1 atom stereocenters. The van der Waals surface area contributed by atoms with Crippen LogP contribution in [0.2, 0.25) is 5.02 Å². The van der Waals surface area contributed by atoms with Crippen molar-refractivity contribution in [2.24, 2.45) is 0 Å². The summed E-state index contributed by atoms with van der Waals surface area (Å²) in [5.74, 6) is 1.51. The van der Waals surface area contributed by atoms with E-state index in [2.05, 4.69) is 20.8 Å². The minimum atomic E-state index is -0.160. The van der Waals surface area contributed by atoms with Crippen LogP contribution in [0.15, 0.2) is 24.3 Å². The molecule has 0 spiro atoms. The van der Waals surface area contributed by atoms with Gasteiger partial charge >= 0.3 is 0 Å². The predicted octanol–water partition coefficient (Wildman–Crippen LogP) is 2.88. The summed E-state index contributed by atoms with van der Waals surface area (Å²) in [6.45, 7) is 0. The summed E-state index contributed by atoms with van der Waals surface area (Å²) in [7, 11) is 0. The van der Waals surface area contributed by atoms with Gasteiger partial charge in [-0.15, -0.1) is 34.4 Å². The van der Waals surface area contributed by atoms with Crippen LogP contribution in [0.1, 0.15) is 0 Å². The van der Waals surface area contributed by atoms with Gasteiger partial charge in [0.1, 0.15) is 0 Å². The number of thioether (sulfide) groups is 1. The lowest BCUT2D eigenvalue weighted by molar-refractivity contribution is -0.117. The first-order valence-corrected chi connectivity index (χ1v) is 8.29. The van der Waals surface area contributed by atoms with Crippen molar-refractivity contribution < 1.29 is 4.79 Å². The molecule has 2 N–H and O–H groups in total. The van der Waals surface area contributed by atoms with Crippen molar-refractivity contribution in [3.8, 4) is 10.6 Å². The van der Waals surface area contributed by atoms with E-state index in [1.54, 1.807) is 17.8 Å². The zero-order valence-electron chi connectivity index (χ0n) is 10.7. The molecule has 2 heterocycles. The van der Waals surface area contributed by atoms with E-state index in [1.165, 1.54) is 11.3 Å². The standard InChI is InChI=1S/C12H11ClN4OS2.ClH/c13-8-4-2-1-3-7(8)11-16-17-12(20-11)15-10(18)9-5-19-6-14-9;/h1-4,9,14H,5-6H2,(H,15,17,18);1H. The summed E-state index contributed by atoms with van der Waals surface area (Å²) in [6.07, 6.45) is 0. The number of amides is 1. The Bertz CT molecular complexity index is 631. The smallest absolute Gasteiger partial charge is 0.244 e. The lowest BCUT2D eigenvalue weighted by atomic mass is 10.2. The molecule has 112 valence electrons. The molecule has 1 aliphatic rings. The molecular formula is C12H12Cl2N4OS2. The monoisotopic (exact) mass is 362 g/mol. The van der Waals surface area contributed by atoms with Gasteiger partial charge in [0.05, 0.1) is 11.1 Å². The van der Waals surface area contributed by atoms with E-state index in [9.17, 15) is 4.79 Å². The predicted molar refractivity (Wildman–Crippen MR) is 90.5 cm³/mol. The Hall–Kier alpha value is -0.860. The molecule has 1 unspecified atom stereocenters. The van der Waals surface area contributed by atoms with E-state index in [-0.39, 0.29) is 24.4 Å². The summed E-state index contributed by atoms with van der Waals surface area (Å²) in [5, 5.41) is 15.8. The average Bonchev–Trinajstić information content (AvgIpc) is 3.10. The molecule has 0 bridgehead atoms. The zero-order valence-corrected chi connectivity index (χ0v) is 13.9. The molecule has 9 heteroatoms. The lowest BCUT2D eigenvalue weighted by Crippen LogP contribution is -2.37. The third kappa shape index (κ3) is 3.87. The van der Waals surface area contributed by atoms with Crippen LogP contribution in [0.3, 0.4) is 0 Å². The maximum atomic E-state index is 12.0. The summed E-state index contributed by atoms with van der Waals surface area (Å²) in [4.78, 5) is 12.0. The highest BCUT2D eigenvalue weighted by atomic mass is 35.5. The van der Waals surface area contributed by atoms with Crippen LogP contribution < -0.4 is 10.6 Å². The molecule has 5 nitrogen and oxygen atoms in total. The van der Waals surface area contributed by atoms with Crippen LogP contribution in [-0.2, 0) is 4.79 Å². The largest absolute Gasteiger partial charge is 0.299 e. The molecule has 1 aromatic carbocycles. The van der Waals surface area contributed by atoms with Gasteiger partial charge in [-0.05, 0) is 6.07 Å². The molecule has 1 amide bonds. The quantitative estimate of drug-likeness (QED) is 0.878. The molecule has 1 fully saturated rings. The van der Waals surface area contributed by atoms with Crippen LogP contribution >= 0.6 is 47.1 Å². The lowest BCUT2D eigenvalue weighted by Gasteiger charge is -2.07. The van der Waals surface area contributed by atoms with Crippen LogP contribution in [0.4, 0.5) is 5.13 Å². The van der Waals surface area contributed by atoms with E-state index in [0.29, 0.717) is 15.2 Å². The van der Waals surface area contributed by atoms with E-state index in [0.717, 1.165) is 17.2 Å². The molecule has 0 radical (unpaired) electrons. The number of anilines is 1. The molecule has 3 rings (SSSR count). The van der Waals surface area contributed by atoms with Gasteiger partial charge in [0.2, 0.25) is 11.0 Å². The molecule has 0 saturated carbocycles. The maximum Gasteiger partial charge on any atom is 0.244 e. The number of hydrogen-bond donors (Lipinski definition) is 2. The van der Waals surface area contributed by atoms with Crippen LogP contribution in [0.25, 0.3) is 10.6 Å². The number of carbonyl (C=O) groups is 1. The first kappa shape index (κ1) is 16.5. The van der Waals surface area contributed by atoms with Crippen LogP contribution in [0.5, 0.6) is 0 Å². The normalized spacial score (nSPS) is 17.3. The van der Waals surface area contributed by atoms with Gasteiger partial charge < -0.3 is 0 Å². The van der Waals surface area contributed by atoms with Crippen LogP contribution in [0, 0.1) is 0 Å². The van der Waals surface area contributed by atoms with Gasteiger partial charge in [-0.25, -0.2) is 0 Å². The zero-order chi connectivity index (χ0) is 13.9. The Kier molecular flexibility index (Phi) is 5.83. The van der Waals surface area contributed by atoms with Crippen molar-refractivity contribution in [1.82, 2.24) is 15.5 Å². The Morgan fingerprint density at radius 1 is 1.38 bits per heavy atom. The number of nitrogens with one attached hydrogen (secondary N) is 2. The first-order chi connectivity index (χ1) is 9.74. The van der Waals surface area contributed by atoms with Crippen molar-refractivity contribution in [3.05, 3.63) is 29.3 Å². The summed E-state index contributed by atoms with van der Waals surface area (Å²) in [6, 6.07) is 7.27. The second-order valence-corrected chi connectivity index (χ2v) is 6.57. The number of halogens is 2. The third-order valence-electron chi connectivity index (χ3n) is 2.79. The Morgan fingerprint density at radius 3 is 2.90 bits per heavy atom. The minimum absolute atomic E-state index is 0. The Morgan fingerprint density at radius 2 is 2.19 bits per heavy atom. The number of hydrogen-bond acceptors (Lipinski definition) is 6. The number of aromatic nitrogens is 2.